The topological polar surface area (TPSA) is 96.6 Å². The molecule has 0 aromatic heterocycles. The molecule has 0 bridgehead atoms. The van der Waals surface area contributed by atoms with Gasteiger partial charge in [0.15, 0.2) is 5.11 Å². The van der Waals surface area contributed by atoms with Crippen molar-refractivity contribution in [3.05, 3.63) is 71.8 Å². The number of amides is 2. The third kappa shape index (κ3) is 9.51. The highest BCUT2D eigenvalue weighted by molar-refractivity contribution is 7.80. The maximum absolute atomic E-state index is 11.4. The average molecular weight is 389 g/mol. The number of rotatable bonds is 2. The first kappa shape index (κ1) is 23.2. The summed E-state index contributed by atoms with van der Waals surface area (Å²) in [6.45, 7) is 0. The molecule has 26 heavy (non-hydrogen) atoms. The van der Waals surface area contributed by atoms with Gasteiger partial charge in [-0.3, -0.25) is 14.9 Å². The van der Waals surface area contributed by atoms with E-state index in [0.717, 1.165) is 0 Å². The van der Waals surface area contributed by atoms with Gasteiger partial charge in [0, 0.05) is 18.2 Å². The molecule has 0 atom stereocenters. The molecular formula is C18H20N4O2S2. The quantitative estimate of drug-likeness (QED) is 0.540. The van der Waals surface area contributed by atoms with Crippen LogP contribution in [0.25, 0.3) is 0 Å². The molecule has 0 aliphatic carbocycles. The van der Waals surface area contributed by atoms with Crippen molar-refractivity contribution in [3.8, 4) is 0 Å². The fourth-order valence-corrected chi connectivity index (χ4v) is 1.69. The first-order valence-corrected chi connectivity index (χ1v) is 8.23. The van der Waals surface area contributed by atoms with Crippen LogP contribution >= 0.6 is 24.4 Å². The SMILES string of the molecule is CN.CNC(=S)NC(=O)c1ccccc1.O=C(N=C=S)c1ccccc1. The molecule has 0 aliphatic heterocycles. The van der Waals surface area contributed by atoms with E-state index in [9.17, 15) is 9.59 Å². The van der Waals surface area contributed by atoms with Crippen LogP contribution in [0.4, 0.5) is 0 Å². The number of carbonyl (C=O) groups is 2. The largest absolute Gasteiger partial charge is 0.365 e. The zero-order chi connectivity index (χ0) is 19.8. The minimum absolute atomic E-state index is 0.194. The predicted molar refractivity (Wildman–Crippen MR) is 111 cm³/mol. The minimum Gasteiger partial charge on any atom is -0.365 e. The van der Waals surface area contributed by atoms with Gasteiger partial charge in [-0.15, -0.1) is 0 Å². The number of aliphatic imine (C=N–C) groups is 1. The Labute approximate surface area is 163 Å². The lowest BCUT2D eigenvalue weighted by Gasteiger charge is -2.04. The van der Waals surface area contributed by atoms with E-state index in [1.165, 1.54) is 7.05 Å². The van der Waals surface area contributed by atoms with Crippen LogP contribution in [0, 0.1) is 0 Å². The van der Waals surface area contributed by atoms with Crippen LogP contribution in [0.1, 0.15) is 20.7 Å². The van der Waals surface area contributed by atoms with E-state index in [1.54, 1.807) is 55.6 Å². The number of hydrogen-bond donors (Lipinski definition) is 3. The van der Waals surface area contributed by atoms with Gasteiger partial charge >= 0.3 is 0 Å². The summed E-state index contributed by atoms with van der Waals surface area (Å²) in [5, 5.41) is 7.54. The summed E-state index contributed by atoms with van der Waals surface area (Å²) in [5.74, 6) is -0.541. The van der Waals surface area contributed by atoms with Crippen LogP contribution in [0.15, 0.2) is 65.7 Å². The van der Waals surface area contributed by atoms with Crippen LogP contribution in [-0.4, -0.2) is 36.2 Å². The molecule has 136 valence electrons. The van der Waals surface area contributed by atoms with E-state index in [4.69, 9.17) is 12.2 Å². The van der Waals surface area contributed by atoms with Crippen molar-refractivity contribution in [3.63, 3.8) is 0 Å². The van der Waals surface area contributed by atoms with Crippen molar-refractivity contribution in [1.29, 1.82) is 0 Å². The lowest BCUT2D eigenvalue weighted by Crippen LogP contribution is -2.37. The maximum atomic E-state index is 11.4. The van der Waals surface area contributed by atoms with Crippen LogP contribution in [0.2, 0.25) is 0 Å². The molecule has 6 nitrogen and oxygen atoms in total. The fourth-order valence-electron chi connectivity index (χ4n) is 1.51. The molecule has 0 heterocycles. The second-order valence-corrected chi connectivity index (χ2v) is 4.86. The highest BCUT2D eigenvalue weighted by Gasteiger charge is 2.04. The van der Waals surface area contributed by atoms with Crippen molar-refractivity contribution in [2.24, 2.45) is 10.7 Å². The normalized spacial score (nSPS) is 8.27. The van der Waals surface area contributed by atoms with Gasteiger partial charge in [0.05, 0.1) is 5.16 Å². The molecule has 2 aromatic carbocycles. The summed E-state index contributed by atoms with van der Waals surface area (Å²) in [5.41, 5.74) is 5.63. The summed E-state index contributed by atoms with van der Waals surface area (Å²) < 4.78 is 0. The molecular weight excluding hydrogens is 368 g/mol. The molecule has 0 radical (unpaired) electrons. The Bertz CT molecular complexity index is 746. The zero-order valence-corrected chi connectivity index (χ0v) is 16.1. The Morgan fingerprint density at radius 2 is 1.42 bits per heavy atom. The minimum atomic E-state index is -0.347. The maximum Gasteiger partial charge on any atom is 0.285 e. The molecule has 0 saturated heterocycles. The number of nitrogens with zero attached hydrogens (tertiary/aromatic N) is 1. The smallest absolute Gasteiger partial charge is 0.285 e. The molecule has 0 fully saturated rings. The molecule has 0 unspecified atom stereocenters. The van der Waals surface area contributed by atoms with Gasteiger partial charge in [-0.1, -0.05) is 36.4 Å². The van der Waals surface area contributed by atoms with Crippen LogP contribution in [0.5, 0.6) is 0 Å². The molecule has 8 heteroatoms. The average Bonchev–Trinajstić information content (AvgIpc) is 2.71. The van der Waals surface area contributed by atoms with Crippen LogP contribution < -0.4 is 16.4 Å². The number of carbonyl (C=O) groups excluding carboxylic acids is 2. The van der Waals surface area contributed by atoms with Gasteiger partial charge in [-0.2, -0.15) is 4.99 Å². The summed E-state index contributed by atoms with van der Waals surface area (Å²) in [4.78, 5) is 25.6. The zero-order valence-electron chi connectivity index (χ0n) is 14.4. The molecule has 2 aromatic rings. The van der Waals surface area contributed by atoms with E-state index in [1.807, 2.05) is 17.3 Å². The number of benzene rings is 2. The van der Waals surface area contributed by atoms with Crippen LogP contribution in [-0.2, 0) is 0 Å². The predicted octanol–water partition coefficient (Wildman–Crippen LogP) is 2.43. The number of hydrogen-bond acceptors (Lipinski definition) is 5. The van der Waals surface area contributed by atoms with E-state index >= 15 is 0 Å². The lowest BCUT2D eigenvalue weighted by atomic mass is 10.2. The van der Waals surface area contributed by atoms with Crippen molar-refractivity contribution < 1.29 is 9.59 Å². The highest BCUT2D eigenvalue weighted by Crippen LogP contribution is 1.99. The summed E-state index contributed by atoms with van der Waals surface area (Å²) in [6.07, 6.45) is 0. The molecule has 0 saturated carbocycles. The molecule has 2 rings (SSSR count). The van der Waals surface area contributed by atoms with Gasteiger partial charge in [0.25, 0.3) is 11.8 Å². The number of nitrogens with two attached hydrogens (primary N) is 1. The first-order valence-electron chi connectivity index (χ1n) is 7.41. The van der Waals surface area contributed by atoms with Crippen molar-refractivity contribution >= 4 is 46.5 Å². The van der Waals surface area contributed by atoms with Crippen molar-refractivity contribution in [1.82, 2.24) is 10.6 Å². The first-order chi connectivity index (χ1) is 12.6. The number of isothiocyanates is 1. The standard InChI is InChI=1S/C9H10N2OS.C8H5NOS.CH5N/c1-10-9(13)11-8(12)7-5-3-2-4-6-7;10-8(9-6-11)7-4-2-1-3-5-7;1-2/h2-6H,1H3,(H2,10,11,12,13);1-5H;2H2,1H3. The second kappa shape index (κ2) is 14.6. The molecule has 0 spiro atoms. The van der Waals surface area contributed by atoms with E-state index < -0.39 is 0 Å². The summed E-state index contributed by atoms with van der Waals surface area (Å²) in [6, 6.07) is 17.6. The third-order valence-electron chi connectivity index (χ3n) is 2.66. The van der Waals surface area contributed by atoms with Gasteiger partial charge in [0.2, 0.25) is 0 Å². The van der Waals surface area contributed by atoms with Crippen molar-refractivity contribution in [2.45, 2.75) is 0 Å². The molecule has 2 amide bonds. The summed E-state index contributed by atoms with van der Waals surface area (Å²) >= 11 is 9.08. The van der Waals surface area contributed by atoms with E-state index in [-0.39, 0.29) is 11.8 Å². The molecule has 4 N–H and O–H groups in total. The Hall–Kier alpha value is -2.77. The lowest BCUT2D eigenvalue weighted by molar-refractivity contribution is 0.0974. The Morgan fingerprint density at radius 1 is 0.962 bits per heavy atom. The number of nitrogens with one attached hydrogen (secondary N) is 2. The number of thiocarbonyl (C=S) groups is 2. The van der Waals surface area contributed by atoms with E-state index in [0.29, 0.717) is 16.2 Å². The van der Waals surface area contributed by atoms with Gasteiger partial charge in [0.1, 0.15) is 0 Å². The highest BCUT2D eigenvalue weighted by atomic mass is 32.1. The van der Waals surface area contributed by atoms with E-state index in [2.05, 4.69) is 33.6 Å². The Balaban J connectivity index is 0.000000444. The van der Waals surface area contributed by atoms with Crippen LogP contribution in [0.3, 0.4) is 0 Å². The monoisotopic (exact) mass is 388 g/mol. The fraction of sp³-hybridized carbons (Fsp3) is 0.111. The summed E-state index contributed by atoms with van der Waals surface area (Å²) in [7, 11) is 3.16. The Morgan fingerprint density at radius 3 is 1.85 bits per heavy atom. The van der Waals surface area contributed by atoms with Gasteiger partial charge in [-0.05, 0) is 55.7 Å². The third-order valence-corrected chi connectivity index (χ3v) is 3.06. The van der Waals surface area contributed by atoms with Gasteiger partial charge in [-0.25, -0.2) is 0 Å². The van der Waals surface area contributed by atoms with Crippen molar-refractivity contribution in [2.75, 3.05) is 14.1 Å². The van der Waals surface area contributed by atoms with Gasteiger partial charge < -0.3 is 11.1 Å². The second-order valence-electron chi connectivity index (χ2n) is 4.27. The molecule has 0 aliphatic rings. The Kier molecular flexibility index (Phi) is 13.0.